The van der Waals surface area contributed by atoms with Crippen LogP contribution < -0.4 is 4.90 Å². The molecule has 0 amide bonds. The van der Waals surface area contributed by atoms with Gasteiger partial charge in [0.15, 0.2) is 0 Å². The highest BCUT2D eigenvalue weighted by Crippen LogP contribution is 2.56. The van der Waals surface area contributed by atoms with Crippen molar-refractivity contribution in [2.75, 3.05) is 4.90 Å². The molecule has 2 aliphatic rings. The molecule has 0 bridgehead atoms. The predicted octanol–water partition coefficient (Wildman–Crippen LogP) is 12.5. The van der Waals surface area contributed by atoms with Crippen LogP contribution in [0.2, 0.25) is 0 Å². The second-order valence-electron chi connectivity index (χ2n) is 13.1. The van der Waals surface area contributed by atoms with Gasteiger partial charge in [-0.1, -0.05) is 146 Å². The van der Waals surface area contributed by atoms with Gasteiger partial charge in [0.05, 0.1) is 11.1 Å². The van der Waals surface area contributed by atoms with Crippen molar-refractivity contribution in [3.05, 3.63) is 204 Å². The molecule has 1 heterocycles. The van der Waals surface area contributed by atoms with Crippen molar-refractivity contribution in [1.82, 2.24) is 0 Å². The molecular formula is C47H33NO. The quantitative estimate of drug-likeness (QED) is 0.189. The first-order chi connectivity index (χ1) is 24.3. The molecule has 49 heavy (non-hydrogen) atoms. The van der Waals surface area contributed by atoms with E-state index < -0.39 is 5.41 Å². The van der Waals surface area contributed by atoms with Crippen LogP contribution in [0.4, 0.5) is 11.4 Å². The zero-order valence-corrected chi connectivity index (χ0v) is 27.0. The van der Waals surface area contributed by atoms with Crippen LogP contribution in [0.3, 0.4) is 0 Å². The molecule has 0 saturated heterocycles. The summed E-state index contributed by atoms with van der Waals surface area (Å²) in [5, 5.41) is 4.58. The van der Waals surface area contributed by atoms with E-state index in [1.54, 1.807) is 0 Å². The van der Waals surface area contributed by atoms with Crippen LogP contribution in [0.25, 0.3) is 43.8 Å². The molecule has 0 spiro atoms. The van der Waals surface area contributed by atoms with E-state index in [2.05, 4.69) is 175 Å². The van der Waals surface area contributed by atoms with Crippen LogP contribution >= 0.6 is 0 Å². The Labute approximate surface area is 285 Å². The summed E-state index contributed by atoms with van der Waals surface area (Å²) in [7, 11) is 0. The van der Waals surface area contributed by atoms with Gasteiger partial charge in [-0.25, -0.2) is 0 Å². The number of allylic oxidation sites excluding steroid dienone is 4. The lowest BCUT2D eigenvalue weighted by atomic mass is 9.68. The Morgan fingerprint density at radius 3 is 1.86 bits per heavy atom. The molecule has 0 unspecified atom stereocenters. The largest absolute Gasteiger partial charge is 0.455 e. The molecular weight excluding hydrogens is 595 g/mol. The van der Waals surface area contributed by atoms with Gasteiger partial charge in [0.25, 0.3) is 0 Å². The molecule has 0 radical (unpaired) electrons. The predicted molar refractivity (Wildman–Crippen MR) is 204 cm³/mol. The zero-order chi connectivity index (χ0) is 32.4. The molecule has 8 aromatic rings. The van der Waals surface area contributed by atoms with Crippen LogP contribution in [0, 0.1) is 0 Å². The fourth-order valence-electron chi connectivity index (χ4n) is 8.52. The highest BCUT2D eigenvalue weighted by molar-refractivity contribution is 6.19. The zero-order valence-electron chi connectivity index (χ0n) is 27.0. The fourth-order valence-corrected chi connectivity index (χ4v) is 8.52. The molecule has 0 atom stereocenters. The Kier molecular flexibility index (Phi) is 6.25. The number of para-hydroxylation sites is 1. The number of hydrogen-bond donors (Lipinski definition) is 0. The summed E-state index contributed by atoms with van der Waals surface area (Å²) >= 11 is 0. The van der Waals surface area contributed by atoms with Gasteiger partial charge in [-0.05, 0) is 76.6 Å². The molecule has 0 aliphatic heterocycles. The van der Waals surface area contributed by atoms with Gasteiger partial charge in [0.2, 0.25) is 0 Å². The van der Waals surface area contributed by atoms with Crippen LogP contribution in [0.5, 0.6) is 0 Å². The van der Waals surface area contributed by atoms with Gasteiger partial charge < -0.3 is 9.32 Å². The van der Waals surface area contributed by atoms with Crippen molar-refractivity contribution in [2.24, 2.45) is 0 Å². The van der Waals surface area contributed by atoms with E-state index in [4.69, 9.17) is 4.42 Å². The summed E-state index contributed by atoms with van der Waals surface area (Å²) in [6, 6.07) is 57.7. The normalized spacial score (nSPS) is 14.6. The minimum absolute atomic E-state index is 0.425. The summed E-state index contributed by atoms with van der Waals surface area (Å²) in [5.41, 5.74) is 12.8. The number of anilines is 2. The molecule has 232 valence electrons. The molecule has 7 aromatic carbocycles. The maximum Gasteiger partial charge on any atom is 0.143 e. The molecule has 0 fully saturated rings. The van der Waals surface area contributed by atoms with E-state index in [-0.39, 0.29) is 0 Å². The molecule has 0 N–H and O–H groups in total. The monoisotopic (exact) mass is 627 g/mol. The van der Waals surface area contributed by atoms with Crippen LogP contribution in [-0.4, -0.2) is 0 Å². The standard InChI is InChI=1S/C47H33NO/c1-3-15-32(16-4-1)47(42-24-12-9-19-36(42)37-20-10-13-25-43(37)47)33-27-29-35(30-28-33)48(34-17-5-2-6-18-34)44-31-41-39-22-11-14-26-45(39)49-46(41)40-23-8-7-21-38(40)44/h1-5,7-17,19-31H,6,18H2. The van der Waals surface area contributed by atoms with Crippen LogP contribution in [-0.2, 0) is 5.41 Å². The van der Waals surface area contributed by atoms with E-state index >= 15 is 0 Å². The van der Waals surface area contributed by atoms with Gasteiger partial charge in [-0.15, -0.1) is 0 Å². The molecule has 2 nitrogen and oxygen atoms in total. The number of fused-ring (bicyclic) bond motifs is 8. The number of furan rings is 1. The van der Waals surface area contributed by atoms with Gasteiger partial charge in [0.1, 0.15) is 11.2 Å². The van der Waals surface area contributed by atoms with E-state index in [9.17, 15) is 0 Å². The topological polar surface area (TPSA) is 16.4 Å². The van der Waals surface area contributed by atoms with Gasteiger partial charge in [0, 0.05) is 32.9 Å². The van der Waals surface area contributed by atoms with Gasteiger partial charge >= 0.3 is 0 Å². The summed E-state index contributed by atoms with van der Waals surface area (Å²) in [4.78, 5) is 2.47. The molecule has 0 saturated carbocycles. The van der Waals surface area contributed by atoms with E-state index in [0.717, 1.165) is 45.9 Å². The lowest BCUT2D eigenvalue weighted by molar-refractivity contribution is 0.672. The third kappa shape index (κ3) is 4.07. The van der Waals surface area contributed by atoms with Crippen molar-refractivity contribution in [2.45, 2.75) is 18.3 Å². The van der Waals surface area contributed by atoms with Gasteiger partial charge in [-0.3, -0.25) is 0 Å². The lowest BCUT2D eigenvalue weighted by Gasteiger charge is -2.35. The van der Waals surface area contributed by atoms with E-state index in [1.165, 1.54) is 50.2 Å². The van der Waals surface area contributed by atoms with Crippen molar-refractivity contribution in [3.63, 3.8) is 0 Å². The Balaban J connectivity index is 1.21. The smallest absolute Gasteiger partial charge is 0.143 e. The SMILES string of the molecule is C1=CCCC(N(c2ccc(C3(c4ccccc4)c4ccccc4-c4ccccc43)cc2)c2cc3c4ccccc4oc3c3ccccc23)=C1. The number of nitrogens with zero attached hydrogens (tertiary/aromatic N) is 1. The second kappa shape index (κ2) is 11.0. The number of benzene rings is 7. The van der Waals surface area contributed by atoms with Crippen molar-refractivity contribution >= 4 is 44.1 Å². The summed E-state index contributed by atoms with van der Waals surface area (Å²) in [6.45, 7) is 0. The lowest BCUT2D eigenvalue weighted by Crippen LogP contribution is -2.28. The second-order valence-corrected chi connectivity index (χ2v) is 13.1. The third-order valence-electron chi connectivity index (χ3n) is 10.6. The minimum Gasteiger partial charge on any atom is -0.455 e. The Bertz CT molecular complexity index is 2560. The Morgan fingerprint density at radius 2 is 1.14 bits per heavy atom. The summed E-state index contributed by atoms with van der Waals surface area (Å²) < 4.78 is 6.49. The Morgan fingerprint density at radius 1 is 0.531 bits per heavy atom. The number of hydrogen-bond acceptors (Lipinski definition) is 2. The average Bonchev–Trinajstić information content (AvgIpc) is 3.70. The Hall–Kier alpha value is -6.12. The van der Waals surface area contributed by atoms with Crippen LogP contribution in [0.15, 0.2) is 186 Å². The molecule has 2 aliphatic carbocycles. The maximum absolute atomic E-state index is 6.49. The summed E-state index contributed by atoms with van der Waals surface area (Å²) in [5.74, 6) is 0. The highest BCUT2D eigenvalue weighted by atomic mass is 16.3. The van der Waals surface area contributed by atoms with Crippen LogP contribution in [0.1, 0.15) is 35.1 Å². The van der Waals surface area contributed by atoms with E-state index in [1.807, 2.05) is 6.07 Å². The molecule has 10 rings (SSSR count). The van der Waals surface area contributed by atoms with Crippen molar-refractivity contribution in [1.29, 1.82) is 0 Å². The molecule has 2 heteroatoms. The highest BCUT2D eigenvalue weighted by Gasteiger charge is 2.45. The first-order valence-electron chi connectivity index (χ1n) is 17.2. The van der Waals surface area contributed by atoms with Crippen molar-refractivity contribution in [3.8, 4) is 11.1 Å². The van der Waals surface area contributed by atoms with Crippen molar-refractivity contribution < 1.29 is 4.42 Å². The minimum atomic E-state index is -0.425. The fraction of sp³-hybridized carbons (Fsp3) is 0.0638. The third-order valence-corrected chi connectivity index (χ3v) is 10.6. The van der Waals surface area contributed by atoms with E-state index in [0.29, 0.717) is 0 Å². The maximum atomic E-state index is 6.49. The number of rotatable bonds is 5. The first-order valence-corrected chi connectivity index (χ1v) is 17.2. The van der Waals surface area contributed by atoms with Gasteiger partial charge in [-0.2, -0.15) is 0 Å². The summed E-state index contributed by atoms with van der Waals surface area (Å²) in [6.07, 6.45) is 8.71. The average molecular weight is 628 g/mol. The first kappa shape index (κ1) is 27.9. The molecule has 1 aromatic heterocycles.